The van der Waals surface area contributed by atoms with Crippen LogP contribution in [0.3, 0.4) is 0 Å². The van der Waals surface area contributed by atoms with Crippen LogP contribution in [-0.2, 0) is 11.8 Å². The number of rotatable bonds is 8. The van der Waals surface area contributed by atoms with Gasteiger partial charge >= 0.3 is 0 Å². The van der Waals surface area contributed by atoms with Gasteiger partial charge in [0.2, 0.25) is 5.91 Å². The SMILES string of the molecule is Cc1c(NC(=O)[C@H](C)NC[C@H](c2ccccc2)N(C)C)c(=O)n(-c2ccccc2)n1C. The quantitative estimate of drug-likeness (QED) is 0.587. The van der Waals surface area contributed by atoms with E-state index in [2.05, 4.69) is 27.7 Å². The lowest BCUT2D eigenvalue weighted by Crippen LogP contribution is -2.42. The summed E-state index contributed by atoms with van der Waals surface area (Å²) in [6.07, 6.45) is 0. The Morgan fingerprint density at radius 3 is 2.19 bits per heavy atom. The van der Waals surface area contributed by atoms with Gasteiger partial charge in [0.05, 0.1) is 17.4 Å². The standard InChI is InChI=1S/C24H31N5O2/c1-17(25-16-21(27(3)4)19-12-8-6-9-13-19)23(30)26-22-18(2)28(5)29(24(22)31)20-14-10-7-11-15-20/h6-15,17,21,25H,16H2,1-5H3,(H,26,30)/t17-,21+/m0/s1. The number of para-hydroxylation sites is 1. The Labute approximate surface area is 183 Å². The number of likely N-dealkylation sites (N-methyl/N-ethyl adjacent to an activating group) is 1. The van der Waals surface area contributed by atoms with Gasteiger partial charge in [-0.05, 0) is 45.6 Å². The zero-order valence-corrected chi connectivity index (χ0v) is 18.8. The maximum Gasteiger partial charge on any atom is 0.295 e. The highest BCUT2D eigenvalue weighted by Crippen LogP contribution is 2.17. The molecule has 3 aromatic rings. The first kappa shape index (κ1) is 22.5. The molecular weight excluding hydrogens is 390 g/mol. The molecule has 1 aromatic heterocycles. The summed E-state index contributed by atoms with van der Waals surface area (Å²) < 4.78 is 3.31. The van der Waals surface area contributed by atoms with Crippen molar-refractivity contribution in [3.8, 4) is 5.69 Å². The van der Waals surface area contributed by atoms with Crippen molar-refractivity contribution in [2.24, 2.45) is 7.05 Å². The lowest BCUT2D eigenvalue weighted by molar-refractivity contribution is -0.117. The second-order valence-electron chi connectivity index (χ2n) is 7.95. The van der Waals surface area contributed by atoms with Crippen LogP contribution in [0.5, 0.6) is 0 Å². The molecule has 2 atom stereocenters. The molecule has 7 heteroatoms. The largest absolute Gasteiger partial charge is 0.319 e. The number of hydrogen-bond acceptors (Lipinski definition) is 4. The molecule has 3 rings (SSSR count). The Balaban J connectivity index is 1.72. The first-order chi connectivity index (χ1) is 14.8. The molecule has 1 heterocycles. The van der Waals surface area contributed by atoms with Crippen molar-refractivity contribution < 1.29 is 4.79 Å². The van der Waals surface area contributed by atoms with Crippen molar-refractivity contribution in [1.82, 2.24) is 19.6 Å². The van der Waals surface area contributed by atoms with E-state index in [0.717, 1.165) is 5.69 Å². The molecule has 0 fully saturated rings. The smallest absolute Gasteiger partial charge is 0.295 e. The van der Waals surface area contributed by atoms with Crippen molar-refractivity contribution in [2.45, 2.75) is 25.9 Å². The third kappa shape index (κ3) is 4.95. The molecule has 0 unspecified atom stereocenters. The van der Waals surface area contributed by atoms with Crippen molar-refractivity contribution in [2.75, 3.05) is 26.0 Å². The Bertz CT molecular complexity index is 1070. The maximum absolute atomic E-state index is 13.0. The zero-order chi connectivity index (χ0) is 22.5. The summed E-state index contributed by atoms with van der Waals surface area (Å²) in [4.78, 5) is 28.0. The van der Waals surface area contributed by atoms with Gasteiger partial charge in [-0.1, -0.05) is 48.5 Å². The summed E-state index contributed by atoms with van der Waals surface area (Å²) in [6, 6.07) is 19.2. The Morgan fingerprint density at radius 1 is 1.03 bits per heavy atom. The van der Waals surface area contributed by atoms with Crippen LogP contribution < -0.4 is 16.2 Å². The normalized spacial score (nSPS) is 13.2. The van der Waals surface area contributed by atoms with Crippen LogP contribution in [-0.4, -0.2) is 46.9 Å². The van der Waals surface area contributed by atoms with Gasteiger partial charge in [-0.25, -0.2) is 4.68 Å². The zero-order valence-electron chi connectivity index (χ0n) is 18.8. The van der Waals surface area contributed by atoms with E-state index in [1.165, 1.54) is 5.56 Å². The van der Waals surface area contributed by atoms with Crippen LogP contribution in [0, 0.1) is 6.92 Å². The van der Waals surface area contributed by atoms with E-state index in [-0.39, 0.29) is 17.5 Å². The summed E-state index contributed by atoms with van der Waals surface area (Å²) in [5.74, 6) is -0.239. The minimum Gasteiger partial charge on any atom is -0.319 e. The second kappa shape index (κ2) is 9.76. The van der Waals surface area contributed by atoms with Gasteiger partial charge in [0.15, 0.2) is 0 Å². The van der Waals surface area contributed by atoms with Crippen LogP contribution in [0.2, 0.25) is 0 Å². The van der Waals surface area contributed by atoms with Crippen LogP contribution in [0.1, 0.15) is 24.2 Å². The Hall–Kier alpha value is -3.16. The van der Waals surface area contributed by atoms with E-state index in [9.17, 15) is 9.59 Å². The fourth-order valence-electron chi connectivity index (χ4n) is 3.60. The molecule has 0 spiro atoms. The van der Waals surface area contributed by atoms with Crippen molar-refractivity contribution in [1.29, 1.82) is 0 Å². The highest BCUT2D eigenvalue weighted by atomic mass is 16.2. The number of benzene rings is 2. The highest BCUT2D eigenvalue weighted by molar-refractivity contribution is 5.94. The lowest BCUT2D eigenvalue weighted by Gasteiger charge is -2.26. The summed E-state index contributed by atoms with van der Waals surface area (Å²) >= 11 is 0. The Kier molecular flexibility index (Phi) is 7.09. The third-order valence-electron chi connectivity index (χ3n) is 5.62. The number of carbonyl (C=O) groups is 1. The van der Waals surface area contributed by atoms with Gasteiger partial charge < -0.3 is 15.5 Å². The lowest BCUT2D eigenvalue weighted by atomic mass is 10.1. The first-order valence-corrected chi connectivity index (χ1v) is 10.4. The molecule has 0 aliphatic carbocycles. The fraction of sp³-hybridized carbons (Fsp3) is 0.333. The van der Waals surface area contributed by atoms with Gasteiger partial charge in [0, 0.05) is 19.6 Å². The number of nitrogens with zero attached hydrogens (tertiary/aromatic N) is 3. The van der Waals surface area contributed by atoms with Crippen LogP contribution in [0.25, 0.3) is 5.69 Å². The third-order valence-corrected chi connectivity index (χ3v) is 5.62. The van der Waals surface area contributed by atoms with E-state index < -0.39 is 6.04 Å². The molecule has 0 aliphatic rings. The summed E-state index contributed by atoms with van der Waals surface area (Å²) in [5, 5.41) is 6.14. The maximum atomic E-state index is 13.0. The molecule has 1 amide bonds. The van der Waals surface area contributed by atoms with Crippen molar-refractivity contribution in [3.63, 3.8) is 0 Å². The first-order valence-electron chi connectivity index (χ1n) is 10.4. The van der Waals surface area contributed by atoms with Crippen LogP contribution >= 0.6 is 0 Å². The number of hydrogen-bond donors (Lipinski definition) is 2. The molecule has 2 N–H and O–H groups in total. The summed E-state index contributed by atoms with van der Waals surface area (Å²) in [5.41, 5.74) is 2.68. The highest BCUT2D eigenvalue weighted by Gasteiger charge is 2.22. The number of nitrogens with one attached hydrogen (secondary N) is 2. The van der Waals surface area contributed by atoms with Gasteiger partial charge in [-0.15, -0.1) is 0 Å². The monoisotopic (exact) mass is 421 g/mol. The molecule has 31 heavy (non-hydrogen) atoms. The van der Waals surface area contributed by atoms with E-state index in [1.54, 1.807) is 16.3 Å². The average molecular weight is 422 g/mol. The minimum atomic E-state index is -0.463. The van der Waals surface area contributed by atoms with Crippen molar-refractivity contribution in [3.05, 3.63) is 82.3 Å². The van der Waals surface area contributed by atoms with Gasteiger partial charge in [0.1, 0.15) is 5.69 Å². The molecule has 7 nitrogen and oxygen atoms in total. The predicted molar refractivity (Wildman–Crippen MR) is 125 cm³/mol. The molecular formula is C24H31N5O2. The summed E-state index contributed by atoms with van der Waals surface area (Å²) in [7, 11) is 5.84. The second-order valence-corrected chi connectivity index (χ2v) is 7.95. The van der Waals surface area contributed by atoms with Gasteiger partial charge in [0.25, 0.3) is 5.56 Å². The van der Waals surface area contributed by atoms with Crippen molar-refractivity contribution >= 4 is 11.6 Å². The van der Waals surface area contributed by atoms with Gasteiger partial charge in [-0.3, -0.25) is 14.3 Å². The molecule has 0 radical (unpaired) electrons. The van der Waals surface area contributed by atoms with E-state index in [1.807, 2.05) is 76.6 Å². The van der Waals surface area contributed by atoms with E-state index in [4.69, 9.17) is 0 Å². The number of carbonyl (C=O) groups excluding carboxylic acids is 1. The molecule has 0 bridgehead atoms. The molecule has 0 saturated carbocycles. The number of aromatic nitrogens is 2. The van der Waals surface area contributed by atoms with Gasteiger partial charge in [-0.2, -0.15) is 0 Å². The fourth-order valence-corrected chi connectivity index (χ4v) is 3.60. The average Bonchev–Trinajstić information content (AvgIpc) is 2.98. The molecule has 164 valence electrons. The topological polar surface area (TPSA) is 71.3 Å². The molecule has 0 saturated heterocycles. The van der Waals surface area contributed by atoms with E-state index >= 15 is 0 Å². The number of anilines is 1. The minimum absolute atomic E-state index is 0.130. The number of amides is 1. The van der Waals surface area contributed by atoms with Crippen LogP contribution in [0.4, 0.5) is 5.69 Å². The van der Waals surface area contributed by atoms with Crippen LogP contribution in [0.15, 0.2) is 65.5 Å². The van der Waals surface area contributed by atoms with E-state index in [0.29, 0.717) is 17.9 Å². The molecule has 0 aliphatic heterocycles. The summed E-state index contributed by atoms with van der Waals surface area (Å²) in [6.45, 7) is 4.24. The molecule has 2 aromatic carbocycles. The predicted octanol–water partition coefficient (Wildman–Crippen LogP) is 2.70. The Morgan fingerprint density at radius 2 is 1.61 bits per heavy atom.